The molecule has 3 rings (SSSR count). The highest BCUT2D eigenvalue weighted by Gasteiger charge is 2.25. The largest absolute Gasteiger partial charge is 0.478 e. The second-order valence-electron chi connectivity index (χ2n) is 8.64. The van der Waals surface area contributed by atoms with Crippen LogP contribution < -0.4 is 4.90 Å². The highest BCUT2D eigenvalue weighted by atomic mass is 35.5. The summed E-state index contributed by atoms with van der Waals surface area (Å²) in [6, 6.07) is 12.3. The maximum atomic E-state index is 13.1. The van der Waals surface area contributed by atoms with Crippen molar-refractivity contribution in [2.75, 3.05) is 25.5 Å². The molecule has 1 saturated carbocycles. The summed E-state index contributed by atoms with van der Waals surface area (Å²) >= 11 is 12.4. The van der Waals surface area contributed by atoms with Gasteiger partial charge in [0.15, 0.2) is 5.78 Å². The second kappa shape index (κ2) is 14.5. The van der Waals surface area contributed by atoms with Gasteiger partial charge in [0.05, 0.1) is 17.3 Å². The summed E-state index contributed by atoms with van der Waals surface area (Å²) < 4.78 is 0. The molecule has 8 nitrogen and oxygen atoms in total. The molecule has 0 atom stereocenters. The summed E-state index contributed by atoms with van der Waals surface area (Å²) in [6.07, 6.45) is 7.08. The van der Waals surface area contributed by atoms with Crippen LogP contribution in [-0.4, -0.2) is 65.4 Å². The first kappa shape index (κ1) is 30.0. The van der Waals surface area contributed by atoms with Crippen molar-refractivity contribution in [2.24, 2.45) is 0 Å². The Kier molecular flexibility index (Phi) is 11.8. The van der Waals surface area contributed by atoms with Crippen molar-refractivity contribution in [1.82, 2.24) is 4.90 Å². The summed E-state index contributed by atoms with van der Waals surface area (Å²) in [6.45, 7) is 0.309. The molecular formula is C27H30Cl2N2O6. The molecule has 0 saturated heterocycles. The fourth-order valence-electron chi connectivity index (χ4n) is 4.02. The third kappa shape index (κ3) is 9.31. The minimum absolute atomic E-state index is 0.0615. The van der Waals surface area contributed by atoms with Gasteiger partial charge in [0.1, 0.15) is 0 Å². The summed E-state index contributed by atoms with van der Waals surface area (Å²) in [5.74, 6) is -2.83. The molecule has 1 fully saturated rings. The summed E-state index contributed by atoms with van der Waals surface area (Å²) in [4.78, 5) is 48.9. The van der Waals surface area contributed by atoms with Crippen LogP contribution in [0, 0.1) is 0 Å². The highest BCUT2D eigenvalue weighted by Crippen LogP contribution is 2.29. The van der Waals surface area contributed by atoms with Gasteiger partial charge in [0.2, 0.25) is 5.91 Å². The van der Waals surface area contributed by atoms with Gasteiger partial charge < -0.3 is 15.1 Å². The van der Waals surface area contributed by atoms with Gasteiger partial charge >= 0.3 is 11.9 Å². The number of hydrogen-bond acceptors (Lipinski definition) is 5. The summed E-state index contributed by atoms with van der Waals surface area (Å²) in [5.41, 5.74) is 1.28. The lowest BCUT2D eigenvalue weighted by atomic mass is 9.94. The number of benzene rings is 2. The number of rotatable bonds is 8. The number of carboxylic acids is 2. The van der Waals surface area contributed by atoms with Crippen LogP contribution in [-0.2, 0) is 14.4 Å². The zero-order valence-corrected chi connectivity index (χ0v) is 22.2. The van der Waals surface area contributed by atoms with E-state index in [1.165, 1.54) is 19.3 Å². The van der Waals surface area contributed by atoms with Crippen molar-refractivity contribution in [3.05, 3.63) is 75.8 Å². The number of halogens is 2. The number of nitrogens with zero attached hydrogens (tertiary/aromatic N) is 2. The van der Waals surface area contributed by atoms with E-state index in [-0.39, 0.29) is 11.7 Å². The van der Waals surface area contributed by atoms with Crippen LogP contribution in [0.4, 0.5) is 5.69 Å². The number of amides is 1. The molecule has 0 aliphatic heterocycles. The van der Waals surface area contributed by atoms with E-state index in [1.54, 1.807) is 54.4 Å². The minimum Gasteiger partial charge on any atom is -0.478 e. The smallest absolute Gasteiger partial charge is 0.328 e. The first-order valence-electron chi connectivity index (χ1n) is 11.7. The third-order valence-corrected chi connectivity index (χ3v) is 6.57. The molecule has 0 bridgehead atoms. The third-order valence-electron chi connectivity index (χ3n) is 6.01. The van der Waals surface area contributed by atoms with E-state index >= 15 is 0 Å². The number of ketones is 1. The summed E-state index contributed by atoms with van der Waals surface area (Å²) in [5, 5.41) is 16.4. The molecule has 2 N–H and O–H groups in total. The van der Waals surface area contributed by atoms with Gasteiger partial charge in [-0.1, -0.05) is 54.6 Å². The van der Waals surface area contributed by atoms with Crippen molar-refractivity contribution in [3.63, 3.8) is 0 Å². The molecule has 10 heteroatoms. The van der Waals surface area contributed by atoms with E-state index in [1.807, 2.05) is 7.05 Å². The van der Waals surface area contributed by atoms with Crippen molar-refractivity contribution in [1.29, 1.82) is 0 Å². The lowest BCUT2D eigenvalue weighted by Crippen LogP contribution is -2.42. The Morgan fingerprint density at radius 1 is 0.892 bits per heavy atom. The van der Waals surface area contributed by atoms with E-state index in [9.17, 15) is 19.2 Å². The highest BCUT2D eigenvalue weighted by molar-refractivity contribution is 6.36. The number of anilines is 1. The minimum atomic E-state index is -1.26. The molecule has 0 heterocycles. The number of carbonyl (C=O) groups is 4. The lowest BCUT2D eigenvalue weighted by molar-refractivity contribution is -0.134. The normalized spacial score (nSPS) is 13.6. The van der Waals surface area contributed by atoms with Crippen LogP contribution >= 0.6 is 23.2 Å². The molecule has 0 aromatic heterocycles. The quantitative estimate of drug-likeness (QED) is 0.345. The second-order valence-corrected chi connectivity index (χ2v) is 9.48. The average molecular weight is 549 g/mol. The van der Waals surface area contributed by atoms with Gasteiger partial charge in [-0.15, -0.1) is 0 Å². The molecule has 198 valence electrons. The lowest BCUT2D eigenvalue weighted by Gasteiger charge is -2.32. The maximum absolute atomic E-state index is 13.1. The van der Waals surface area contributed by atoms with Crippen LogP contribution in [0.25, 0.3) is 0 Å². The van der Waals surface area contributed by atoms with Gasteiger partial charge in [-0.25, -0.2) is 9.59 Å². The Labute approximate surface area is 226 Å². The molecular weight excluding hydrogens is 519 g/mol. The van der Waals surface area contributed by atoms with Crippen LogP contribution in [0.1, 0.15) is 48.0 Å². The molecule has 0 radical (unpaired) electrons. The van der Waals surface area contributed by atoms with Crippen LogP contribution in [0.3, 0.4) is 0 Å². The molecule has 2 aromatic carbocycles. The van der Waals surface area contributed by atoms with Gasteiger partial charge in [-0.05, 0) is 50.2 Å². The Morgan fingerprint density at radius 3 is 2.05 bits per heavy atom. The van der Waals surface area contributed by atoms with Gasteiger partial charge in [-0.2, -0.15) is 0 Å². The number of carboxylic acid groups (broad SMARTS) is 2. The van der Waals surface area contributed by atoms with Crippen molar-refractivity contribution in [2.45, 2.75) is 38.1 Å². The Bertz CT molecular complexity index is 1150. The predicted molar refractivity (Wildman–Crippen MR) is 144 cm³/mol. The Morgan fingerprint density at radius 2 is 1.49 bits per heavy atom. The number of hydrogen-bond donors (Lipinski definition) is 2. The molecule has 1 aliphatic rings. The van der Waals surface area contributed by atoms with Crippen molar-refractivity contribution < 1.29 is 29.4 Å². The van der Waals surface area contributed by atoms with Crippen LogP contribution in [0.5, 0.6) is 0 Å². The Hall–Kier alpha value is -3.20. The molecule has 1 aliphatic carbocycles. The summed E-state index contributed by atoms with van der Waals surface area (Å²) in [7, 11) is 3.70. The van der Waals surface area contributed by atoms with Gasteiger partial charge in [-0.3, -0.25) is 14.5 Å². The molecule has 1 amide bonds. The predicted octanol–water partition coefficient (Wildman–Crippen LogP) is 5.16. The average Bonchev–Trinajstić information content (AvgIpc) is 2.87. The zero-order valence-electron chi connectivity index (χ0n) is 20.7. The Balaban J connectivity index is 0.000000521. The van der Waals surface area contributed by atoms with Crippen molar-refractivity contribution >= 4 is 52.5 Å². The SMILES string of the molecule is CN(C(=O)CN(C)C1CCCCC1)c1ccc(Cl)cc1C(=O)c1ccccc1Cl.O=C(O)/C=C/C(=O)O. The van der Waals surface area contributed by atoms with Gasteiger partial charge in [0.25, 0.3) is 0 Å². The van der Waals surface area contributed by atoms with Crippen molar-refractivity contribution in [3.8, 4) is 0 Å². The number of aliphatic carboxylic acids is 2. The number of carbonyl (C=O) groups excluding carboxylic acids is 2. The topological polar surface area (TPSA) is 115 Å². The van der Waals surface area contributed by atoms with E-state index in [2.05, 4.69) is 4.90 Å². The fraction of sp³-hybridized carbons (Fsp3) is 0.333. The van der Waals surface area contributed by atoms with E-state index in [4.69, 9.17) is 33.4 Å². The van der Waals surface area contributed by atoms with Crippen LogP contribution in [0.15, 0.2) is 54.6 Å². The van der Waals surface area contributed by atoms with Gasteiger partial charge in [0, 0.05) is 41.4 Å². The molecule has 0 unspecified atom stereocenters. The van der Waals surface area contributed by atoms with E-state index < -0.39 is 11.9 Å². The monoisotopic (exact) mass is 548 g/mol. The molecule has 0 spiro atoms. The van der Waals surface area contributed by atoms with Crippen LogP contribution in [0.2, 0.25) is 10.0 Å². The van der Waals surface area contributed by atoms with E-state index in [0.717, 1.165) is 12.8 Å². The molecule has 37 heavy (non-hydrogen) atoms. The fourth-order valence-corrected chi connectivity index (χ4v) is 4.41. The maximum Gasteiger partial charge on any atom is 0.328 e. The first-order valence-corrected chi connectivity index (χ1v) is 12.5. The first-order chi connectivity index (χ1) is 17.5. The number of likely N-dealkylation sites (N-methyl/N-ethyl adjacent to an activating group) is 2. The van der Waals surface area contributed by atoms with E-state index in [0.29, 0.717) is 51.6 Å². The zero-order chi connectivity index (χ0) is 27.5. The standard InChI is InChI=1S/C23H26Cl2N2O2.C4H4O4/c1-26(17-8-4-3-5-9-17)15-22(28)27(2)21-13-12-16(24)14-19(21)23(29)18-10-6-7-11-20(18)25;5-3(6)1-2-4(7)8/h6-7,10-14,17H,3-5,8-9,15H2,1-2H3;1-2H,(H,5,6)(H,7,8)/b;2-1+. The molecule has 2 aromatic rings.